The van der Waals surface area contributed by atoms with Crippen LogP contribution in [0.4, 0.5) is 0 Å². The van der Waals surface area contributed by atoms with Gasteiger partial charge in [0, 0.05) is 81.5 Å². The average molecular weight is 267 g/mol. The van der Waals surface area contributed by atoms with E-state index in [1.807, 2.05) is 0 Å². The molecule has 29 valence electrons. The summed E-state index contributed by atoms with van der Waals surface area (Å²) < 4.78 is 0. The van der Waals surface area contributed by atoms with Crippen molar-refractivity contribution in [3.63, 3.8) is 0 Å². The Morgan fingerprint density at radius 3 is 1.00 bits per heavy atom. The van der Waals surface area contributed by atoms with Crippen LogP contribution < -0.4 is 0 Å². The third kappa shape index (κ3) is 21.9. The van der Waals surface area contributed by atoms with Gasteiger partial charge in [-0.1, -0.05) is 0 Å². The fourth-order valence-corrected chi connectivity index (χ4v) is 0. The van der Waals surface area contributed by atoms with E-state index in [0.29, 0.717) is 0 Å². The van der Waals surface area contributed by atoms with Crippen molar-refractivity contribution in [3.8, 4) is 0 Å². The van der Waals surface area contributed by atoms with Gasteiger partial charge in [0.1, 0.15) is 0 Å². The van der Waals surface area contributed by atoms with E-state index in [0.717, 1.165) is 0 Å². The van der Waals surface area contributed by atoms with Gasteiger partial charge in [-0.25, -0.2) is 0 Å². The molecule has 0 aliphatic rings. The van der Waals surface area contributed by atoms with Crippen molar-refractivity contribution >= 4 is 0 Å². The molecule has 0 rings (SSSR count). The molecule has 0 aromatic heterocycles. The summed E-state index contributed by atoms with van der Waals surface area (Å²) in [5, 5.41) is 0. The van der Waals surface area contributed by atoms with Crippen LogP contribution in [0, 0.1) is 7.43 Å². The zero-order chi connectivity index (χ0) is 0. The molecular weight excluding hydrogens is 267 g/mol. The van der Waals surface area contributed by atoms with Crippen LogP contribution >= 0.6 is 0 Å². The molecule has 0 aromatic carbocycles. The van der Waals surface area contributed by atoms with Crippen molar-refractivity contribution < 1.29 is 74.1 Å². The molecule has 5 heavy (non-hydrogen) atoms. The second kappa shape index (κ2) is 33.2. The smallest absolute Gasteiger partial charge is 0 e. The Bertz CT molecular complexity index is 11.6. The Labute approximate surface area is 80.6 Å². The van der Waals surface area contributed by atoms with Crippen molar-refractivity contribution in [2.45, 2.75) is 0 Å². The molecule has 0 nitrogen and oxygen atoms in total. The third-order valence-corrected chi connectivity index (χ3v) is 0. The number of hydrogen-bond donors (Lipinski definition) is 0. The van der Waals surface area contributed by atoms with E-state index in [4.69, 9.17) is 0 Å². The van der Waals surface area contributed by atoms with Crippen LogP contribution in [0.5, 0.6) is 0 Å². The van der Waals surface area contributed by atoms with Crippen molar-refractivity contribution in [1.82, 2.24) is 0 Å². The van der Waals surface area contributed by atoms with Gasteiger partial charge in [-0.15, -0.1) is 0 Å². The Morgan fingerprint density at radius 1 is 1.00 bits per heavy atom. The van der Waals surface area contributed by atoms with E-state index in [9.17, 15) is 0 Å². The summed E-state index contributed by atoms with van der Waals surface area (Å²) in [6.45, 7) is 0. The molecule has 0 bridgehead atoms. The van der Waals surface area contributed by atoms with Crippen molar-refractivity contribution in [2.24, 2.45) is 0 Å². The number of hydrogen-bond acceptors (Lipinski definition) is 0. The van der Waals surface area contributed by atoms with Gasteiger partial charge in [-0.05, 0) is 0 Å². The summed E-state index contributed by atoms with van der Waals surface area (Å²) in [5.74, 6) is 0. The molecule has 0 saturated heterocycles. The van der Waals surface area contributed by atoms with Gasteiger partial charge in [-0.2, -0.15) is 0 Å². The molecule has 5 radical (unpaired) electrons. The van der Waals surface area contributed by atoms with Gasteiger partial charge in [0.15, 0.2) is 0 Å². The van der Waals surface area contributed by atoms with Gasteiger partial charge < -0.3 is 0 Å². The summed E-state index contributed by atoms with van der Waals surface area (Å²) in [7, 11) is 0. The quantitative estimate of drug-likeness (QED) is 0.545. The minimum Gasteiger partial charge on any atom is 0 e. The van der Waals surface area contributed by atoms with E-state index in [-0.39, 0.29) is 81.5 Å². The van der Waals surface area contributed by atoms with Gasteiger partial charge in [0.2, 0.25) is 0 Å². The SMILES string of the molecule is [C].[Cr].[Fe].[Mo].[V]. The first-order valence-electron chi connectivity index (χ1n) is 0. The van der Waals surface area contributed by atoms with E-state index in [1.54, 1.807) is 0 Å². The van der Waals surface area contributed by atoms with E-state index >= 15 is 0 Å². The largest absolute Gasteiger partial charge is 0 e. The second-order valence-corrected chi connectivity index (χ2v) is 0. The second-order valence-electron chi connectivity index (χ2n) is 0. The molecular formula is CCrFeMoV. The van der Waals surface area contributed by atoms with Crippen LogP contribution in [0.1, 0.15) is 0 Å². The predicted octanol–water partition coefficient (Wildman–Crippen LogP) is 0.0713. The first kappa shape index (κ1) is 54.2. The van der Waals surface area contributed by atoms with Gasteiger partial charge in [-0.3, -0.25) is 0 Å². The van der Waals surface area contributed by atoms with Gasteiger partial charge in [0.25, 0.3) is 0 Å². The maximum Gasteiger partial charge on any atom is 0 e. The zero-order valence-corrected chi connectivity index (χ0v) is 7.90. The van der Waals surface area contributed by atoms with Gasteiger partial charge in [0.05, 0.1) is 0 Å². The first-order valence-corrected chi connectivity index (χ1v) is 0. The molecule has 0 amide bonds. The molecule has 0 heterocycles. The van der Waals surface area contributed by atoms with E-state index in [1.165, 1.54) is 0 Å². The minimum atomic E-state index is 0. The molecule has 0 saturated carbocycles. The molecule has 0 aromatic rings. The standard InChI is InChI=1S/C.Cr.Fe.Mo.V. The fraction of sp³-hybridized carbons (Fsp3) is 0. The summed E-state index contributed by atoms with van der Waals surface area (Å²) >= 11 is 0. The molecule has 4 heteroatoms. The average Bonchev–Trinajstić information content (AvgIpc) is 0. The Hall–Kier alpha value is 2.32. The number of rotatable bonds is 0. The Kier molecular flexibility index (Phi) is 360. The maximum atomic E-state index is 0. The van der Waals surface area contributed by atoms with Crippen molar-refractivity contribution in [3.05, 3.63) is 7.43 Å². The molecule has 0 aliphatic carbocycles. The third-order valence-electron chi connectivity index (χ3n) is 0. The van der Waals surface area contributed by atoms with Crippen molar-refractivity contribution in [2.75, 3.05) is 0 Å². The fourth-order valence-electron chi connectivity index (χ4n) is 0. The van der Waals surface area contributed by atoms with Crippen molar-refractivity contribution in [1.29, 1.82) is 0 Å². The Balaban J connectivity index is 0. The molecule has 0 spiro atoms. The first-order chi connectivity index (χ1) is 0. The summed E-state index contributed by atoms with van der Waals surface area (Å²) in [5.41, 5.74) is 0. The molecule has 0 aliphatic heterocycles. The molecule has 0 N–H and O–H groups in total. The van der Waals surface area contributed by atoms with Gasteiger partial charge >= 0.3 is 0 Å². The Morgan fingerprint density at radius 2 is 1.00 bits per heavy atom. The molecule has 0 fully saturated rings. The predicted molar refractivity (Wildman–Crippen MR) is 3.24 cm³/mol. The summed E-state index contributed by atoms with van der Waals surface area (Å²) in [4.78, 5) is 0. The summed E-state index contributed by atoms with van der Waals surface area (Å²) in [6.07, 6.45) is 0. The van der Waals surface area contributed by atoms with Crippen LogP contribution in [-0.4, -0.2) is 0 Å². The van der Waals surface area contributed by atoms with Crippen LogP contribution in [0.2, 0.25) is 0 Å². The topological polar surface area (TPSA) is 0 Å². The maximum absolute atomic E-state index is 0. The van der Waals surface area contributed by atoms with Crippen LogP contribution in [0.25, 0.3) is 0 Å². The summed E-state index contributed by atoms with van der Waals surface area (Å²) in [6, 6.07) is 0. The monoisotopic (exact) mass is 269 g/mol. The van der Waals surface area contributed by atoms with Crippen LogP contribution in [-0.2, 0) is 74.1 Å². The molecule has 0 unspecified atom stereocenters. The molecule has 0 atom stereocenters. The van der Waals surface area contributed by atoms with E-state index in [2.05, 4.69) is 0 Å². The normalized spacial score (nSPS) is 0. The minimum absolute atomic E-state index is 0. The van der Waals surface area contributed by atoms with Crippen LogP contribution in [0.15, 0.2) is 0 Å². The van der Waals surface area contributed by atoms with Crippen LogP contribution in [0.3, 0.4) is 0 Å². The zero-order valence-electron chi connectivity index (χ0n) is 2.12. The van der Waals surface area contributed by atoms with E-state index < -0.39 is 0 Å².